The minimum Gasteiger partial charge on any atom is -0.0622 e. The minimum atomic E-state index is 1.02. The van der Waals surface area contributed by atoms with Crippen molar-refractivity contribution < 1.29 is 0 Å². The van der Waals surface area contributed by atoms with Crippen molar-refractivity contribution in [3.8, 4) is 0 Å². The third-order valence-corrected chi connectivity index (χ3v) is 3.83. The van der Waals surface area contributed by atoms with Crippen molar-refractivity contribution in [2.24, 2.45) is 17.8 Å². The molecule has 1 aromatic rings. The summed E-state index contributed by atoms with van der Waals surface area (Å²) in [6.45, 7) is 0. The van der Waals surface area contributed by atoms with Gasteiger partial charge in [0.25, 0.3) is 0 Å². The molecule has 13 heavy (non-hydrogen) atoms. The summed E-state index contributed by atoms with van der Waals surface area (Å²) >= 11 is 0. The molecule has 0 bridgehead atoms. The Morgan fingerprint density at radius 3 is 2.54 bits per heavy atom. The normalized spacial score (nSPS) is 35.8. The molecule has 0 saturated heterocycles. The van der Waals surface area contributed by atoms with E-state index in [2.05, 4.69) is 30.3 Å². The lowest BCUT2D eigenvalue weighted by atomic mass is 9.95. The number of rotatable bonds is 2. The van der Waals surface area contributed by atoms with Crippen LogP contribution in [-0.2, 0) is 6.42 Å². The van der Waals surface area contributed by atoms with Gasteiger partial charge in [0.2, 0.25) is 0 Å². The summed E-state index contributed by atoms with van der Waals surface area (Å²) in [5.74, 6) is 3.27. The van der Waals surface area contributed by atoms with Crippen LogP contribution in [-0.4, -0.2) is 0 Å². The van der Waals surface area contributed by atoms with E-state index < -0.39 is 0 Å². The Hall–Kier alpha value is -0.780. The molecule has 68 valence electrons. The van der Waals surface area contributed by atoms with E-state index in [4.69, 9.17) is 0 Å². The molecule has 0 nitrogen and oxygen atoms in total. The Bertz CT molecular complexity index is 288. The first-order valence-electron chi connectivity index (χ1n) is 5.47. The average Bonchev–Trinajstić information content (AvgIpc) is 2.86. The zero-order valence-corrected chi connectivity index (χ0v) is 7.95. The zero-order valence-electron chi connectivity index (χ0n) is 7.95. The standard InChI is InChI=1S/C13H16/c1-2-4-10(5-3-1)8-11-6-7-12-9-13(11)12/h1-5,11-13H,6-9H2/t11-,12+,13+/m0/s1. The third kappa shape index (κ3) is 1.39. The van der Waals surface area contributed by atoms with Gasteiger partial charge in [-0.05, 0) is 49.0 Å². The molecule has 0 N–H and O–H groups in total. The summed E-state index contributed by atoms with van der Waals surface area (Å²) < 4.78 is 0. The van der Waals surface area contributed by atoms with E-state index >= 15 is 0 Å². The van der Waals surface area contributed by atoms with E-state index in [1.807, 2.05) is 0 Å². The van der Waals surface area contributed by atoms with Crippen molar-refractivity contribution >= 4 is 0 Å². The van der Waals surface area contributed by atoms with E-state index in [-0.39, 0.29) is 0 Å². The lowest BCUT2D eigenvalue weighted by Gasteiger charge is -2.10. The van der Waals surface area contributed by atoms with Gasteiger partial charge in [-0.25, -0.2) is 0 Å². The molecule has 2 aliphatic rings. The largest absolute Gasteiger partial charge is 0.0622 e. The summed E-state index contributed by atoms with van der Waals surface area (Å²) in [6.07, 6.45) is 5.88. The third-order valence-electron chi connectivity index (χ3n) is 3.83. The fraction of sp³-hybridized carbons (Fsp3) is 0.538. The van der Waals surface area contributed by atoms with Crippen molar-refractivity contribution in [2.45, 2.75) is 25.7 Å². The summed E-state index contributed by atoms with van der Waals surface area (Å²) in [5.41, 5.74) is 1.54. The predicted molar refractivity (Wildman–Crippen MR) is 54.5 cm³/mol. The van der Waals surface area contributed by atoms with Gasteiger partial charge in [-0.15, -0.1) is 0 Å². The molecule has 0 radical (unpaired) electrons. The molecule has 0 aromatic heterocycles. The predicted octanol–water partition coefficient (Wildman–Crippen LogP) is 3.28. The van der Waals surface area contributed by atoms with Crippen molar-refractivity contribution in [1.82, 2.24) is 0 Å². The van der Waals surface area contributed by atoms with Crippen LogP contribution < -0.4 is 0 Å². The first-order valence-corrected chi connectivity index (χ1v) is 5.47. The minimum absolute atomic E-state index is 1.02. The molecule has 0 unspecified atom stereocenters. The number of benzene rings is 1. The van der Waals surface area contributed by atoms with Crippen LogP contribution in [0.1, 0.15) is 24.8 Å². The molecule has 3 atom stereocenters. The highest BCUT2D eigenvalue weighted by Crippen LogP contribution is 2.56. The van der Waals surface area contributed by atoms with E-state index in [0.29, 0.717) is 0 Å². The Morgan fingerprint density at radius 2 is 1.92 bits per heavy atom. The number of fused-ring (bicyclic) bond motifs is 1. The van der Waals surface area contributed by atoms with Crippen molar-refractivity contribution in [3.05, 3.63) is 35.9 Å². The molecule has 3 rings (SSSR count). The Balaban J connectivity index is 1.69. The molecular formula is C13H16. The molecule has 0 aliphatic heterocycles. The lowest BCUT2D eigenvalue weighted by molar-refractivity contribution is 0.478. The van der Waals surface area contributed by atoms with Gasteiger partial charge in [0.05, 0.1) is 0 Å². The highest BCUT2D eigenvalue weighted by atomic mass is 14.5. The smallest absolute Gasteiger partial charge is 0.0248 e. The monoisotopic (exact) mass is 172 g/mol. The van der Waals surface area contributed by atoms with Gasteiger partial charge in [0.15, 0.2) is 0 Å². The van der Waals surface area contributed by atoms with Crippen LogP contribution in [0.5, 0.6) is 0 Å². The van der Waals surface area contributed by atoms with E-state index in [1.165, 1.54) is 25.7 Å². The fourth-order valence-electron chi connectivity index (χ4n) is 2.99. The number of hydrogen-bond donors (Lipinski definition) is 0. The van der Waals surface area contributed by atoms with Crippen LogP contribution in [0.15, 0.2) is 30.3 Å². The molecule has 1 aromatic carbocycles. The highest BCUT2D eigenvalue weighted by molar-refractivity contribution is 5.16. The van der Waals surface area contributed by atoms with Gasteiger partial charge >= 0.3 is 0 Å². The summed E-state index contributed by atoms with van der Waals surface area (Å²) in [7, 11) is 0. The molecule has 2 fully saturated rings. The second-order valence-corrected chi connectivity index (χ2v) is 4.69. The van der Waals surface area contributed by atoms with Crippen LogP contribution >= 0.6 is 0 Å². The zero-order chi connectivity index (χ0) is 8.67. The maximum absolute atomic E-state index is 2.27. The Labute approximate surface area is 80.0 Å². The number of hydrogen-bond acceptors (Lipinski definition) is 0. The van der Waals surface area contributed by atoms with Gasteiger partial charge in [-0.1, -0.05) is 30.3 Å². The Morgan fingerprint density at radius 1 is 1.08 bits per heavy atom. The summed E-state index contributed by atoms with van der Waals surface area (Å²) in [6, 6.07) is 11.0. The summed E-state index contributed by atoms with van der Waals surface area (Å²) in [4.78, 5) is 0. The second-order valence-electron chi connectivity index (χ2n) is 4.69. The van der Waals surface area contributed by atoms with Crippen LogP contribution in [0.4, 0.5) is 0 Å². The van der Waals surface area contributed by atoms with Gasteiger partial charge in [-0.3, -0.25) is 0 Å². The maximum atomic E-state index is 2.27. The molecule has 2 aliphatic carbocycles. The van der Waals surface area contributed by atoms with Crippen molar-refractivity contribution in [3.63, 3.8) is 0 Å². The highest BCUT2D eigenvalue weighted by Gasteiger charge is 2.47. The van der Waals surface area contributed by atoms with Gasteiger partial charge < -0.3 is 0 Å². The molecule has 2 saturated carbocycles. The topological polar surface area (TPSA) is 0 Å². The lowest BCUT2D eigenvalue weighted by Crippen LogP contribution is -2.02. The SMILES string of the molecule is c1ccc(C[C@@H]2CC[C@@H]3C[C@@H]32)cc1. The van der Waals surface area contributed by atoms with E-state index in [1.54, 1.807) is 5.56 Å². The molecule has 0 heterocycles. The fourth-order valence-corrected chi connectivity index (χ4v) is 2.99. The van der Waals surface area contributed by atoms with Crippen LogP contribution in [0.2, 0.25) is 0 Å². The molecule has 0 amide bonds. The van der Waals surface area contributed by atoms with Crippen molar-refractivity contribution in [1.29, 1.82) is 0 Å². The summed E-state index contributed by atoms with van der Waals surface area (Å²) in [5, 5.41) is 0. The molecule has 0 spiro atoms. The van der Waals surface area contributed by atoms with Gasteiger partial charge in [0.1, 0.15) is 0 Å². The van der Waals surface area contributed by atoms with Crippen LogP contribution in [0, 0.1) is 17.8 Å². The van der Waals surface area contributed by atoms with Crippen LogP contribution in [0.3, 0.4) is 0 Å². The van der Waals surface area contributed by atoms with Crippen molar-refractivity contribution in [2.75, 3.05) is 0 Å². The average molecular weight is 172 g/mol. The van der Waals surface area contributed by atoms with Crippen LogP contribution in [0.25, 0.3) is 0 Å². The quantitative estimate of drug-likeness (QED) is 0.642. The first kappa shape index (κ1) is 7.61. The first-order chi connectivity index (χ1) is 6.43. The maximum Gasteiger partial charge on any atom is -0.0248 e. The van der Waals surface area contributed by atoms with E-state index in [0.717, 1.165) is 17.8 Å². The van der Waals surface area contributed by atoms with E-state index in [9.17, 15) is 0 Å². The Kier molecular flexibility index (Phi) is 1.68. The molecular weight excluding hydrogens is 156 g/mol. The second kappa shape index (κ2) is 2.87. The molecule has 0 heteroatoms. The van der Waals surface area contributed by atoms with Gasteiger partial charge in [0, 0.05) is 0 Å². The van der Waals surface area contributed by atoms with Gasteiger partial charge in [-0.2, -0.15) is 0 Å².